The quantitative estimate of drug-likeness (QED) is 0.364. The van der Waals surface area contributed by atoms with Gasteiger partial charge in [-0.15, -0.1) is 0 Å². The predicted molar refractivity (Wildman–Crippen MR) is 140 cm³/mol. The van der Waals surface area contributed by atoms with Crippen molar-refractivity contribution in [3.05, 3.63) is 107 Å². The highest BCUT2D eigenvalue weighted by atomic mass is 19.1. The molecule has 3 aromatic heterocycles. The standard InChI is InChI=1S/C28H21FN6O2/c1-16(22-14-17-7-5-6-10-20(17)28(37)34(22)19-8-3-2-4-9-19)35-27-24(26(30)31-15-32-27)25(33-35)18-11-12-23(36)21(29)13-18/h2-16,36H,1H3,(H2,30,31,32)/t16-/m1/s1. The number of anilines is 1. The minimum absolute atomic E-state index is 0.155. The van der Waals surface area contributed by atoms with Crippen LogP contribution in [0.15, 0.2) is 90.0 Å². The molecule has 0 unspecified atom stereocenters. The number of hydrogen-bond donors (Lipinski definition) is 2. The highest BCUT2D eigenvalue weighted by molar-refractivity contribution is 5.98. The molecule has 37 heavy (non-hydrogen) atoms. The number of nitrogens with two attached hydrogens (primary N) is 1. The highest BCUT2D eigenvalue weighted by Crippen LogP contribution is 2.35. The van der Waals surface area contributed by atoms with Crippen LogP contribution in [0.25, 0.3) is 38.8 Å². The van der Waals surface area contributed by atoms with E-state index in [9.17, 15) is 14.3 Å². The molecule has 6 aromatic rings. The van der Waals surface area contributed by atoms with E-state index in [0.29, 0.717) is 39.1 Å². The summed E-state index contributed by atoms with van der Waals surface area (Å²) < 4.78 is 17.6. The van der Waals surface area contributed by atoms with Crippen molar-refractivity contribution in [2.24, 2.45) is 0 Å². The van der Waals surface area contributed by atoms with E-state index in [1.54, 1.807) is 21.4 Å². The van der Waals surface area contributed by atoms with Crippen molar-refractivity contribution in [1.29, 1.82) is 0 Å². The van der Waals surface area contributed by atoms with Crippen molar-refractivity contribution in [2.45, 2.75) is 13.0 Å². The summed E-state index contributed by atoms with van der Waals surface area (Å²) in [7, 11) is 0. The minimum atomic E-state index is -0.781. The number of fused-ring (bicyclic) bond motifs is 2. The fraction of sp³-hybridized carbons (Fsp3) is 0.0714. The minimum Gasteiger partial charge on any atom is -0.505 e. The number of hydrogen-bond acceptors (Lipinski definition) is 6. The van der Waals surface area contributed by atoms with Gasteiger partial charge in [-0.25, -0.2) is 19.0 Å². The molecule has 3 heterocycles. The smallest absolute Gasteiger partial charge is 0.263 e. The van der Waals surface area contributed by atoms with E-state index in [2.05, 4.69) is 9.97 Å². The Morgan fingerprint density at radius 2 is 1.73 bits per heavy atom. The van der Waals surface area contributed by atoms with Crippen molar-refractivity contribution in [3.63, 3.8) is 0 Å². The topological polar surface area (TPSA) is 112 Å². The Hall–Kier alpha value is -5.05. The van der Waals surface area contributed by atoms with E-state index in [0.717, 1.165) is 5.39 Å². The second-order valence-electron chi connectivity index (χ2n) is 8.73. The van der Waals surface area contributed by atoms with Crippen LogP contribution in [-0.2, 0) is 0 Å². The number of para-hydroxylation sites is 1. The van der Waals surface area contributed by atoms with Gasteiger partial charge in [-0.05, 0) is 54.8 Å². The Balaban J connectivity index is 1.64. The zero-order chi connectivity index (χ0) is 25.7. The van der Waals surface area contributed by atoms with Gasteiger partial charge in [0.15, 0.2) is 17.2 Å². The maximum Gasteiger partial charge on any atom is 0.263 e. The number of rotatable bonds is 4. The van der Waals surface area contributed by atoms with Crippen LogP contribution in [0.3, 0.4) is 0 Å². The molecule has 0 fully saturated rings. The molecule has 0 aliphatic carbocycles. The average Bonchev–Trinajstić information content (AvgIpc) is 3.31. The first-order valence-corrected chi connectivity index (χ1v) is 11.6. The summed E-state index contributed by atoms with van der Waals surface area (Å²) in [6, 6.07) is 22.3. The molecule has 8 nitrogen and oxygen atoms in total. The summed E-state index contributed by atoms with van der Waals surface area (Å²) in [6.07, 6.45) is 1.34. The monoisotopic (exact) mass is 492 g/mol. The van der Waals surface area contributed by atoms with Crippen molar-refractivity contribution in [3.8, 4) is 22.7 Å². The first kappa shape index (κ1) is 22.4. The van der Waals surface area contributed by atoms with Gasteiger partial charge in [-0.3, -0.25) is 9.36 Å². The van der Waals surface area contributed by atoms with Crippen LogP contribution in [0.1, 0.15) is 18.7 Å². The van der Waals surface area contributed by atoms with Gasteiger partial charge in [0.2, 0.25) is 0 Å². The van der Waals surface area contributed by atoms with E-state index >= 15 is 0 Å². The number of pyridine rings is 1. The zero-order valence-electron chi connectivity index (χ0n) is 19.7. The number of nitrogens with zero attached hydrogens (tertiary/aromatic N) is 5. The fourth-order valence-corrected chi connectivity index (χ4v) is 4.68. The van der Waals surface area contributed by atoms with Gasteiger partial charge in [0.05, 0.1) is 17.1 Å². The first-order valence-electron chi connectivity index (χ1n) is 11.6. The third-order valence-corrected chi connectivity index (χ3v) is 6.50. The normalized spacial score (nSPS) is 12.3. The summed E-state index contributed by atoms with van der Waals surface area (Å²) in [6.45, 7) is 1.91. The van der Waals surface area contributed by atoms with Crippen LogP contribution >= 0.6 is 0 Å². The molecule has 0 saturated heterocycles. The number of phenolic OH excluding ortho intramolecular Hbond substituents is 1. The van der Waals surface area contributed by atoms with Gasteiger partial charge in [-0.2, -0.15) is 5.10 Å². The van der Waals surface area contributed by atoms with Gasteiger partial charge in [-0.1, -0.05) is 36.4 Å². The van der Waals surface area contributed by atoms with E-state index in [-0.39, 0.29) is 11.4 Å². The van der Waals surface area contributed by atoms with Crippen LogP contribution in [0, 0.1) is 5.82 Å². The molecule has 3 aromatic carbocycles. The van der Waals surface area contributed by atoms with E-state index in [4.69, 9.17) is 10.8 Å². The molecular weight excluding hydrogens is 471 g/mol. The summed E-state index contributed by atoms with van der Waals surface area (Å²) in [5.74, 6) is -1.06. The van der Waals surface area contributed by atoms with Crippen LogP contribution < -0.4 is 11.3 Å². The molecule has 9 heteroatoms. The second-order valence-corrected chi connectivity index (χ2v) is 8.73. The number of phenols is 1. The molecule has 3 N–H and O–H groups in total. The molecule has 0 amide bonds. The van der Waals surface area contributed by atoms with Gasteiger partial charge >= 0.3 is 0 Å². The summed E-state index contributed by atoms with van der Waals surface area (Å²) in [5, 5.41) is 16.3. The third-order valence-electron chi connectivity index (χ3n) is 6.50. The van der Waals surface area contributed by atoms with E-state index in [1.807, 2.05) is 61.5 Å². The molecule has 0 bridgehead atoms. The van der Waals surface area contributed by atoms with Crippen LogP contribution in [0.2, 0.25) is 0 Å². The second kappa shape index (κ2) is 8.56. The SMILES string of the molecule is C[C@H](c1cc2ccccc2c(=O)n1-c1ccccc1)n1nc(-c2ccc(O)c(F)c2)c2c(N)ncnc21. The number of aromatic nitrogens is 5. The molecule has 1 atom stereocenters. The maximum absolute atomic E-state index is 14.2. The zero-order valence-corrected chi connectivity index (χ0v) is 19.7. The lowest BCUT2D eigenvalue weighted by Crippen LogP contribution is -2.25. The van der Waals surface area contributed by atoms with Gasteiger partial charge < -0.3 is 10.8 Å². The third kappa shape index (κ3) is 3.59. The number of benzene rings is 3. The van der Waals surface area contributed by atoms with Gasteiger partial charge in [0.1, 0.15) is 17.8 Å². The maximum atomic E-state index is 14.2. The molecule has 6 rings (SSSR count). The molecule has 0 aliphatic rings. The number of aromatic hydroxyl groups is 1. The van der Waals surface area contributed by atoms with Crippen molar-refractivity contribution in [1.82, 2.24) is 24.3 Å². The Morgan fingerprint density at radius 3 is 2.51 bits per heavy atom. The highest BCUT2D eigenvalue weighted by Gasteiger charge is 2.24. The Kier molecular flexibility index (Phi) is 5.19. The molecule has 0 spiro atoms. The first-order chi connectivity index (χ1) is 17.9. The van der Waals surface area contributed by atoms with Crippen molar-refractivity contribution < 1.29 is 9.50 Å². The molecule has 0 radical (unpaired) electrons. The average molecular weight is 493 g/mol. The Labute approximate surface area is 210 Å². The Morgan fingerprint density at radius 1 is 0.973 bits per heavy atom. The van der Waals surface area contributed by atoms with Gasteiger partial charge in [0.25, 0.3) is 5.56 Å². The summed E-state index contributed by atoms with van der Waals surface area (Å²) >= 11 is 0. The predicted octanol–water partition coefficient (Wildman–Crippen LogP) is 4.83. The van der Waals surface area contributed by atoms with E-state index in [1.165, 1.54) is 18.5 Å². The van der Waals surface area contributed by atoms with Crippen LogP contribution in [0.5, 0.6) is 5.75 Å². The van der Waals surface area contributed by atoms with E-state index < -0.39 is 17.6 Å². The molecule has 0 saturated carbocycles. The van der Waals surface area contributed by atoms with Crippen LogP contribution in [-0.4, -0.2) is 29.4 Å². The van der Waals surface area contributed by atoms with Gasteiger partial charge in [0, 0.05) is 16.6 Å². The number of nitrogen functional groups attached to an aromatic ring is 1. The molecule has 182 valence electrons. The largest absolute Gasteiger partial charge is 0.505 e. The lowest BCUT2D eigenvalue weighted by atomic mass is 10.1. The van der Waals surface area contributed by atoms with Crippen LogP contribution in [0.4, 0.5) is 10.2 Å². The lowest BCUT2D eigenvalue weighted by Gasteiger charge is -2.20. The Bertz CT molecular complexity index is 1860. The fourth-order valence-electron chi connectivity index (χ4n) is 4.68. The number of halogens is 1. The van der Waals surface area contributed by atoms with Crippen molar-refractivity contribution in [2.75, 3.05) is 5.73 Å². The summed E-state index contributed by atoms with van der Waals surface area (Å²) in [4.78, 5) is 22.3. The lowest BCUT2D eigenvalue weighted by molar-refractivity contribution is 0.432. The van der Waals surface area contributed by atoms with Crippen molar-refractivity contribution >= 4 is 27.6 Å². The molecular formula is C28H21FN6O2. The molecule has 0 aliphatic heterocycles. The summed E-state index contributed by atoms with van der Waals surface area (Å²) in [5.41, 5.74) is 8.68.